The molecule has 1 heterocycles. The molecule has 2 amide bonds. The van der Waals surface area contributed by atoms with Gasteiger partial charge in [-0.05, 0) is 18.2 Å². The Labute approximate surface area is 91.2 Å². The van der Waals surface area contributed by atoms with Crippen LogP contribution in [0, 0.1) is 0 Å². The normalized spacial score (nSPS) is 15.5. The van der Waals surface area contributed by atoms with Gasteiger partial charge in [0.05, 0.1) is 16.0 Å². The lowest BCUT2D eigenvalue weighted by molar-refractivity contribution is 0.0693. The van der Waals surface area contributed by atoms with Crippen LogP contribution in [-0.2, 0) is 10.1 Å². The maximum Gasteiger partial charge on any atom is 0.294 e. The van der Waals surface area contributed by atoms with Crippen LogP contribution < -0.4 is 0 Å². The van der Waals surface area contributed by atoms with Crippen molar-refractivity contribution in [1.29, 1.82) is 0 Å². The van der Waals surface area contributed by atoms with Crippen LogP contribution in [0.25, 0.3) is 0 Å². The van der Waals surface area contributed by atoms with E-state index in [0.29, 0.717) is 0 Å². The first kappa shape index (κ1) is 10.8. The van der Waals surface area contributed by atoms with E-state index in [2.05, 4.69) is 0 Å². The van der Waals surface area contributed by atoms with Gasteiger partial charge in [0, 0.05) is 7.05 Å². The van der Waals surface area contributed by atoms with Crippen molar-refractivity contribution >= 4 is 21.9 Å². The zero-order chi connectivity index (χ0) is 12.1. The molecule has 0 unspecified atom stereocenters. The number of benzene rings is 1. The van der Waals surface area contributed by atoms with Crippen LogP contribution in [0.5, 0.6) is 0 Å². The first-order valence-electron chi connectivity index (χ1n) is 4.26. The van der Waals surface area contributed by atoms with Crippen molar-refractivity contribution in [2.45, 2.75) is 4.90 Å². The van der Waals surface area contributed by atoms with Gasteiger partial charge in [0.2, 0.25) is 0 Å². The highest BCUT2D eigenvalue weighted by Gasteiger charge is 2.33. The van der Waals surface area contributed by atoms with E-state index in [9.17, 15) is 18.0 Å². The summed E-state index contributed by atoms with van der Waals surface area (Å²) in [6.07, 6.45) is 0. The molecule has 1 aromatic carbocycles. The van der Waals surface area contributed by atoms with E-state index in [-0.39, 0.29) is 11.1 Å². The molecule has 0 aliphatic carbocycles. The molecule has 0 spiro atoms. The number of amides is 2. The zero-order valence-corrected chi connectivity index (χ0v) is 8.98. The zero-order valence-electron chi connectivity index (χ0n) is 8.17. The third-order valence-corrected chi connectivity index (χ3v) is 3.21. The van der Waals surface area contributed by atoms with Crippen molar-refractivity contribution < 1.29 is 22.6 Å². The molecule has 1 aromatic rings. The van der Waals surface area contributed by atoms with E-state index in [4.69, 9.17) is 4.55 Å². The van der Waals surface area contributed by atoms with Gasteiger partial charge in [-0.1, -0.05) is 0 Å². The Morgan fingerprint density at radius 3 is 2.25 bits per heavy atom. The summed E-state index contributed by atoms with van der Waals surface area (Å²) in [5, 5.41) is 0. The highest BCUT2D eigenvalue weighted by molar-refractivity contribution is 7.85. The average Bonchev–Trinajstić information content (AvgIpc) is 2.43. The van der Waals surface area contributed by atoms with Gasteiger partial charge in [-0.3, -0.25) is 19.0 Å². The van der Waals surface area contributed by atoms with Crippen LogP contribution in [0.2, 0.25) is 0 Å². The van der Waals surface area contributed by atoms with E-state index >= 15 is 0 Å². The number of hydrogen-bond donors (Lipinski definition) is 1. The van der Waals surface area contributed by atoms with Gasteiger partial charge in [0.25, 0.3) is 21.9 Å². The predicted molar refractivity (Wildman–Crippen MR) is 52.7 cm³/mol. The molecule has 0 fully saturated rings. The minimum absolute atomic E-state index is 0.0115. The molecule has 7 heteroatoms. The highest BCUT2D eigenvalue weighted by atomic mass is 32.2. The quantitative estimate of drug-likeness (QED) is 0.558. The second kappa shape index (κ2) is 3.13. The van der Waals surface area contributed by atoms with Crippen molar-refractivity contribution in [3.8, 4) is 0 Å². The summed E-state index contributed by atoms with van der Waals surface area (Å²) in [7, 11) is -3.06. The molecule has 0 bridgehead atoms. The molecule has 2 rings (SSSR count). The third-order valence-electron chi connectivity index (χ3n) is 2.36. The Bertz CT molecular complexity index is 604. The molecule has 84 valence electrons. The molecular weight excluding hydrogens is 234 g/mol. The largest absolute Gasteiger partial charge is 0.294 e. The van der Waals surface area contributed by atoms with Crippen molar-refractivity contribution in [3.63, 3.8) is 0 Å². The number of carbonyl (C=O) groups is 2. The van der Waals surface area contributed by atoms with E-state index < -0.39 is 26.8 Å². The fourth-order valence-electron chi connectivity index (χ4n) is 1.50. The van der Waals surface area contributed by atoms with E-state index in [0.717, 1.165) is 17.0 Å². The summed E-state index contributed by atoms with van der Waals surface area (Å²) in [4.78, 5) is 23.5. The predicted octanol–water partition coefficient (Wildman–Crippen LogP) is 0.159. The molecule has 0 radical (unpaired) electrons. The number of nitrogens with zero attached hydrogens (tertiary/aromatic N) is 1. The fourth-order valence-corrected chi connectivity index (χ4v) is 2.01. The van der Waals surface area contributed by atoms with Crippen molar-refractivity contribution in [2.24, 2.45) is 0 Å². The summed E-state index contributed by atoms with van der Waals surface area (Å²) >= 11 is 0. The Morgan fingerprint density at radius 1 is 1.12 bits per heavy atom. The van der Waals surface area contributed by atoms with E-state index in [1.807, 2.05) is 0 Å². The fraction of sp³-hybridized carbons (Fsp3) is 0.111. The Kier molecular flexibility index (Phi) is 2.11. The monoisotopic (exact) mass is 241 g/mol. The molecule has 0 saturated heterocycles. The standard InChI is InChI=1S/C9H7NO5S/c1-10-8(11)6-3-2-5(16(13,14)15)4-7(6)9(10)12/h2-4H,1H3,(H,13,14,15). The first-order valence-corrected chi connectivity index (χ1v) is 5.70. The maximum absolute atomic E-state index is 11.5. The van der Waals surface area contributed by atoms with Crippen LogP contribution in [0.4, 0.5) is 0 Å². The molecule has 0 aromatic heterocycles. The van der Waals surface area contributed by atoms with Gasteiger partial charge in [-0.15, -0.1) is 0 Å². The summed E-state index contributed by atoms with van der Waals surface area (Å²) in [5.41, 5.74) is 0.127. The van der Waals surface area contributed by atoms with Gasteiger partial charge in [-0.25, -0.2) is 0 Å². The molecule has 1 N–H and O–H groups in total. The summed E-state index contributed by atoms with van der Waals surface area (Å²) in [6.45, 7) is 0. The summed E-state index contributed by atoms with van der Waals surface area (Å²) < 4.78 is 30.5. The second-order valence-corrected chi connectivity index (χ2v) is 4.77. The molecular formula is C9H7NO5S. The number of rotatable bonds is 1. The lowest BCUT2D eigenvalue weighted by Gasteiger charge is -2.02. The van der Waals surface area contributed by atoms with Crippen LogP contribution in [0.1, 0.15) is 20.7 Å². The lowest BCUT2D eigenvalue weighted by atomic mass is 10.1. The molecule has 1 aliphatic heterocycles. The van der Waals surface area contributed by atoms with Gasteiger partial charge < -0.3 is 0 Å². The first-order chi connectivity index (χ1) is 7.32. The van der Waals surface area contributed by atoms with Gasteiger partial charge in [-0.2, -0.15) is 8.42 Å². The van der Waals surface area contributed by atoms with E-state index in [1.54, 1.807) is 0 Å². The number of hydrogen-bond acceptors (Lipinski definition) is 4. The number of carbonyl (C=O) groups excluding carboxylic acids is 2. The number of imide groups is 1. The van der Waals surface area contributed by atoms with Crippen LogP contribution in [0.15, 0.2) is 23.1 Å². The van der Waals surface area contributed by atoms with Crippen molar-refractivity contribution in [2.75, 3.05) is 7.05 Å². The minimum atomic E-state index is -4.36. The van der Waals surface area contributed by atoms with E-state index in [1.165, 1.54) is 13.1 Å². The van der Waals surface area contributed by atoms with Crippen molar-refractivity contribution in [3.05, 3.63) is 29.3 Å². The third kappa shape index (κ3) is 1.41. The van der Waals surface area contributed by atoms with Crippen LogP contribution in [-0.4, -0.2) is 36.7 Å². The smallest absolute Gasteiger partial charge is 0.282 e. The van der Waals surface area contributed by atoms with Gasteiger partial charge >= 0.3 is 0 Å². The molecule has 1 aliphatic rings. The van der Waals surface area contributed by atoms with Gasteiger partial charge in [0.15, 0.2) is 0 Å². The van der Waals surface area contributed by atoms with Gasteiger partial charge in [0.1, 0.15) is 0 Å². The SMILES string of the molecule is CN1C(=O)c2ccc(S(=O)(=O)O)cc2C1=O. The molecule has 6 nitrogen and oxygen atoms in total. The highest BCUT2D eigenvalue weighted by Crippen LogP contribution is 2.24. The summed E-state index contributed by atoms with van der Waals surface area (Å²) in [5.74, 6) is -1.06. The van der Waals surface area contributed by atoms with Crippen LogP contribution in [0.3, 0.4) is 0 Å². The topological polar surface area (TPSA) is 91.8 Å². The summed E-state index contributed by atoms with van der Waals surface area (Å²) in [6, 6.07) is 3.29. The van der Waals surface area contributed by atoms with Crippen LogP contribution >= 0.6 is 0 Å². The Morgan fingerprint density at radius 2 is 1.69 bits per heavy atom. The number of fused-ring (bicyclic) bond motifs is 1. The lowest BCUT2D eigenvalue weighted by Crippen LogP contribution is -2.24. The molecule has 0 saturated carbocycles. The Hall–Kier alpha value is -1.73. The molecule has 16 heavy (non-hydrogen) atoms. The minimum Gasteiger partial charge on any atom is -0.282 e. The maximum atomic E-state index is 11.5. The Balaban J connectivity index is 2.67. The second-order valence-electron chi connectivity index (χ2n) is 3.35. The molecule has 0 atom stereocenters. The van der Waals surface area contributed by atoms with Crippen molar-refractivity contribution in [1.82, 2.24) is 4.90 Å². The average molecular weight is 241 g/mol.